The SMILES string of the molecule is C[C@]12CC[C@@H](OC(=O)[C@@H](N)CCC(=O)O)C[C@H]1CC[C@@H]1[C@@H]2CC[C@]2(C)[C@@H](OC(=O)c3c(F)c(F)c(F)c(F)c3F)CC[C@@H]12. The number of fused-ring (bicyclic) bond motifs is 5. The number of carboxylic acid groups (broad SMARTS) is 1. The highest BCUT2D eigenvalue weighted by atomic mass is 19.2. The molecule has 4 saturated carbocycles. The molecule has 0 aromatic heterocycles. The van der Waals surface area contributed by atoms with Gasteiger partial charge in [-0.2, -0.15) is 0 Å². The number of benzene rings is 1. The minimum absolute atomic E-state index is 0.00274. The Morgan fingerprint density at radius 1 is 0.837 bits per heavy atom. The van der Waals surface area contributed by atoms with Crippen molar-refractivity contribution < 1.29 is 50.9 Å². The maximum Gasteiger partial charge on any atom is 0.344 e. The number of hydrogen-bond acceptors (Lipinski definition) is 6. The third kappa shape index (κ3) is 5.42. The highest BCUT2D eigenvalue weighted by Gasteiger charge is 2.61. The van der Waals surface area contributed by atoms with Crippen LogP contribution in [0.5, 0.6) is 0 Å². The normalized spacial score (nSPS) is 35.7. The number of hydrogen-bond donors (Lipinski definition) is 2. The maximum absolute atomic E-state index is 14.3. The zero-order valence-corrected chi connectivity index (χ0v) is 24.3. The van der Waals surface area contributed by atoms with Gasteiger partial charge in [0.25, 0.3) is 0 Å². The van der Waals surface area contributed by atoms with E-state index in [1.54, 1.807) is 0 Å². The van der Waals surface area contributed by atoms with Crippen molar-refractivity contribution in [1.29, 1.82) is 0 Å². The Balaban J connectivity index is 1.25. The molecule has 0 unspecified atom stereocenters. The number of esters is 2. The lowest BCUT2D eigenvalue weighted by molar-refractivity contribution is -0.164. The molecule has 1 aromatic carbocycles. The van der Waals surface area contributed by atoms with Crippen LogP contribution in [-0.4, -0.2) is 41.3 Å². The van der Waals surface area contributed by atoms with Crippen LogP contribution in [0, 0.1) is 63.6 Å². The van der Waals surface area contributed by atoms with Gasteiger partial charge in [-0.15, -0.1) is 0 Å². The second-order valence-electron chi connectivity index (χ2n) is 13.5. The molecule has 3 N–H and O–H groups in total. The van der Waals surface area contributed by atoms with Crippen LogP contribution in [0.2, 0.25) is 0 Å². The van der Waals surface area contributed by atoms with E-state index in [4.69, 9.17) is 20.3 Å². The monoisotopic (exact) mass is 615 g/mol. The summed E-state index contributed by atoms with van der Waals surface area (Å²) in [7, 11) is 0. The van der Waals surface area contributed by atoms with E-state index in [0.29, 0.717) is 43.4 Å². The summed E-state index contributed by atoms with van der Waals surface area (Å²) in [6.45, 7) is 4.29. The molecule has 7 nitrogen and oxygen atoms in total. The summed E-state index contributed by atoms with van der Waals surface area (Å²) in [5, 5.41) is 8.84. The van der Waals surface area contributed by atoms with E-state index in [9.17, 15) is 36.3 Å². The summed E-state index contributed by atoms with van der Waals surface area (Å²) >= 11 is 0. The van der Waals surface area contributed by atoms with Gasteiger partial charge in [-0.3, -0.25) is 9.59 Å². The fraction of sp³-hybridized carbons (Fsp3) is 0.710. The van der Waals surface area contributed by atoms with Gasteiger partial charge in [-0.25, -0.2) is 26.7 Å². The van der Waals surface area contributed by atoms with Crippen LogP contribution < -0.4 is 5.73 Å². The van der Waals surface area contributed by atoms with Gasteiger partial charge in [-0.1, -0.05) is 13.8 Å². The van der Waals surface area contributed by atoms with Crippen molar-refractivity contribution in [2.45, 2.75) is 103 Å². The molecule has 4 aliphatic carbocycles. The van der Waals surface area contributed by atoms with Gasteiger partial charge in [0, 0.05) is 11.8 Å². The fourth-order valence-corrected chi connectivity index (χ4v) is 9.09. The molecule has 43 heavy (non-hydrogen) atoms. The quantitative estimate of drug-likeness (QED) is 0.166. The smallest absolute Gasteiger partial charge is 0.344 e. The molecule has 1 aromatic rings. The number of aliphatic carboxylic acids is 1. The van der Waals surface area contributed by atoms with E-state index in [1.165, 1.54) is 0 Å². The van der Waals surface area contributed by atoms with Crippen LogP contribution >= 0.6 is 0 Å². The first kappa shape index (κ1) is 31.7. The average molecular weight is 616 g/mol. The second-order valence-corrected chi connectivity index (χ2v) is 13.5. The minimum Gasteiger partial charge on any atom is -0.481 e. The molecular formula is C31H38F5NO6. The summed E-state index contributed by atoms with van der Waals surface area (Å²) < 4.78 is 80.8. The zero-order valence-electron chi connectivity index (χ0n) is 24.3. The molecule has 12 heteroatoms. The molecule has 238 valence electrons. The highest BCUT2D eigenvalue weighted by Crippen LogP contribution is 2.66. The first-order chi connectivity index (χ1) is 20.2. The summed E-state index contributed by atoms with van der Waals surface area (Å²) in [5.41, 5.74) is 3.78. The summed E-state index contributed by atoms with van der Waals surface area (Å²) in [4.78, 5) is 36.0. The Kier molecular flexibility index (Phi) is 8.56. The molecule has 0 spiro atoms. The Morgan fingerprint density at radius 3 is 2.09 bits per heavy atom. The Hall–Kier alpha value is -2.76. The van der Waals surface area contributed by atoms with Gasteiger partial charge < -0.3 is 20.3 Å². The first-order valence-corrected chi connectivity index (χ1v) is 15.1. The van der Waals surface area contributed by atoms with Crippen molar-refractivity contribution in [3.8, 4) is 0 Å². The van der Waals surface area contributed by atoms with E-state index in [0.717, 1.165) is 32.1 Å². The molecule has 0 radical (unpaired) electrons. The molecule has 0 heterocycles. The van der Waals surface area contributed by atoms with E-state index < -0.39 is 70.1 Å². The molecule has 0 bridgehead atoms. The number of rotatable bonds is 7. The van der Waals surface area contributed by atoms with Crippen molar-refractivity contribution in [3.05, 3.63) is 34.6 Å². The van der Waals surface area contributed by atoms with E-state index >= 15 is 0 Å². The van der Waals surface area contributed by atoms with Crippen molar-refractivity contribution in [2.75, 3.05) is 0 Å². The summed E-state index contributed by atoms with van der Waals surface area (Å²) in [6, 6.07) is -0.977. The van der Waals surface area contributed by atoms with Crippen LogP contribution in [0.1, 0.15) is 94.8 Å². The van der Waals surface area contributed by atoms with Crippen molar-refractivity contribution in [1.82, 2.24) is 0 Å². The lowest BCUT2D eigenvalue weighted by Gasteiger charge is -2.60. The Bertz CT molecular complexity index is 1280. The fourth-order valence-electron chi connectivity index (χ4n) is 9.09. The maximum atomic E-state index is 14.3. The number of carbonyl (C=O) groups is 3. The second kappa shape index (κ2) is 11.6. The van der Waals surface area contributed by atoms with Crippen LogP contribution in [0.4, 0.5) is 22.0 Å². The lowest BCUT2D eigenvalue weighted by atomic mass is 9.45. The third-order valence-corrected chi connectivity index (χ3v) is 11.4. The molecular weight excluding hydrogens is 577 g/mol. The zero-order chi connectivity index (χ0) is 31.4. The van der Waals surface area contributed by atoms with Crippen LogP contribution in [-0.2, 0) is 19.1 Å². The van der Waals surface area contributed by atoms with E-state index in [2.05, 4.69) is 6.92 Å². The largest absolute Gasteiger partial charge is 0.481 e. The van der Waals surface area contributed by atoms with Crippen molar-refractivity contribution in [2.24, 2.45) is 40.2 Å². The van der Waals surface area contributed by atoms with Crippen molar-refractivity contribution in [3.63, 3.8) is 0 Å². The topological polar surface area (TPSA) is 116 Å². The number of halogens is 5. The predicted octanol–water partition coefficient (Wildman–Crippen LogP) is 6.05. The van der Waals surface area contributed by atoms with Crippen LogP contribution in [0.3, 0.4) is 0 Å². The third-order valence-electron chi connectivity index (χ3n) is 11.4. The van der Waals surface area contributed by atoms with E-state index in [1.807, 2.05) is 6.92 Å². The number of carboxylic acids is 1. The lowest BCUT2D eigenvalue weighted by Crippen LogP contribution is -2.55. The first-order valence-electron chi connectivity index (χ1n) is 15.1. The molecule has 9 atom stereocenters. The Labute approximate surface area is 246 Å². The molecule has 5 rings (SSSR count). The average Bonchev–Trinajstić information content (AvgIpc) is 3.29. The van der Waals surface area contributed by atoms with Gasteiger partial charge in [0.15, 0.2) is 23.3 Å². The standard InChI is InChI=1S/C31H38F5NO6/c1-30-11-9-15(42-28(40)19(37)6-8-21(38)39)13-14(30)3-4-16-17-5-7-20(31(17,2)12-10-18(16)30)43-29(41)22-23(32)25(34)27(36)26(35)24(22)33/h14-20H,3-13,37H2,1-2H3,(H,38,39)/t14-,15-,16+,17+,18+,19+,20+,30+,31+/m1/s1. The van der Waals surface area contributed by atoms with Crippen LogP contribution in [0.25, 0.3) is 0 Å². The summed E-state index contributed by atoms with van der Waals surface area (Å²) in [6.07, 6.45) is 5.58. The Morgan fingerprint density at radius 2 is 1.44 bits per heavy atom. The van der Waals surface area contributed by atoms with Gasteiger partial charge in [0.05, 0.1) is 0 Å². The molecule has 4 aliphatic rings. The molecule has 0 saturated heterocycles. The highest BCUT2D eigenvalue weighted by molar-refractivity contribution is 5.90. The predicted molar refractivity (Wildman–Crippen MR) is 142 cm³/mol. The minimum atomic E-state index is -2.33. The molecule has 0 amide bonds. The number of nitrogens with two attached hydrogens (primary N) is 1. The number of carbonyl (C=O) groups excluding carboxylic acids is 2. The molecule has 4 fully saturated rings. The van der Waals surface area contributed by atoms with Crippen LogP contribution in [0.15, 0.2) is 0 Å². The van der Waals surface area contributed by atoms with Crippen molar-refractivity contribution >= 4 is 17.9 Å². The number of ether oxygens (including phenoxy) is 2. The van der Waals surface area contributed by atoms with Gasteiger partial charge in [0.2, 0.25) is 5.82 Å². The molecule has 0 aliphatic heterocycles. The summed E-state index contributed by atoms with van der Waals surface area (Å²) in [5.74, 6) is -13.0. The van der Waals surface area contributed by atoms with Gasteiger partial charge >= 0.3 is 17.9 Å². The van der Waals surface area contributed by atoms with Gasteiger partial charge in [0.1, 0.15) is 23.8 Å². The van der Waals surface area contributed by atoms with Gasteiger partial charge in [-0.05, 0) is 93.3 Å². The van der Waals surface area contributed by atoms with E-state index in [-0.39, 0.29) is 30.3 Å².